The Morgan fingerprint density at radius 1 is 0.892 bits per heavy atom. The maximum Gasteiger partial charge on any atom is 0.223 e. The van der Waals surface area contributed by atoms with E-state index in [2.05, 4.69) is 51.4 Å². The van der Waals surface area contributed by atoms with Crippen molar-refractivity contribution in [1.29, 1.82) is 0 Å². The molecule has 3 aromatic carbocycles. The number of para-hydroxylation sites is 2. The van der Waals surface area contributed by atoms with Crippen LogP contribution in [0.3, 0.4) is 0 Å². The Hall–Kier alpha value is -3.91. The molecule has 8 nitrogen and oxygen atoms in total. The minimum Gasteiger partial charge on any atom is -0.457 e. The fourth-order valence-electron chi connectivity index (χ4n) is 5.41. The molecule has 0 aliphatic carbocycles. The Labute approximate surface area is 216 Å². The quantitative estimate of drug-likeness (QED) is 0.372. The average molecular weight is 498 g/mol. The minimum atomic E-state index is 0.226. The third-order valence-corrected chi connectivity index (χ3v) is 7.55. The lowest BCUT2D eigenvalue weighted by Crippen LogP contribution is -2.49. The molecule has 2 aliphatic rings. The summed E-state index contributed by atoms with van der Waals surface area (Å²) < 4.78 is 10.9. The van der Waals surface area contributed by atoms with Crippen LogP contribution in [-0.4, -0.2) is 72.3 Å². The smallest absolute Gasteiger partial charge is 0.223 e. The van der Waals surface area contributed by atoms with Gasteiger partial charge in [0.25, 0.3) is 0 Å². The monoisotopic (exact) mass is 497 g/mol. The van der Waals surface area contributed by atoms with E-state index in [0.29, 0.717) is 12.3 Å². The van der Waals surface area contributed by atoms with Crippen LogP contribution in [-0.2, 0) is 4.79 Å². The summed E-state index contributed by atoms with van der Waals surface area (Å²) >= 11 is 0. The summed E-state index contributed by atoms with van der Waals surface area (Å²) in [5.41, 5.74) is 5.08. The number of hydrogen-bond donors (Lipinski definition) is 0. The second-order valence-corrected chi connectivity index (χ2v) is 9.88. The van der Waals surface area contributed by atoms with Crippen LogP contribution in [0.15, 0.2) is 71.4 Å². The van der Waals surface area contributed by atoms with Gasteiger partial charge in [0.1, 0.15) is 22.5 Å². The van der Waals surface area contributed by atoms with Gasteiger partial charge in [-0.05, 0) is 60.7 Å². The van der Waals surface area contributed by atoms with Gasteiger partial charge in [0.05, 0.1) is 0 Å². The maximum atomic E-state index is 13.0. The number of ether oxygens (including phenoxy) is 1. The van der Waals surface area contributed by atoms with Crippen molar-refractivity contribution in [2.45, 2.75) is 18.8 Å². The molecule has 1 amide bonds. The number of aromatic nitrogens is 2. The third-order valence-electron chi connectivity index (χ3n) is 7.55. The number of fused-ring (bicyclic) bond motifs is 3. The highest BCUT2D eigenvalue weighted by molar-refractivity contribution is 5.79. The first-order chi connectivity index (χ1) is 18.2. The second-order valence-electron chi connectivity index (χ2n) is 9.88. The Morgan fingerprint density at radius 2 is 1.57 bits per heavy atom. The number of benzene rings is 3. The number of amides is 1. The van der Waals surface area contributed by atoms with Crippen LogP contribution in [0.25, 0.3) is 11.0 Å². The van der Waals surface area contributed by atoms with Gasteiger partial charge in [0.2, 0.25) is 5.91 Å². The molecule has 6 rings (SSSR count). The molecule has 8 heteroatoms. The van der Waals surface area contributed by atoms with E-state index in [-0.39, 0.29) is 5.91 Å². The van der Waals surface area contributed by atoms with Crippen molar-refractivity contribution < 1.29 is 14.2 Å². The predicted octanol–water partition coefficient (Wildman–Crippen LogP) is 4.52. The van der Waals surface area contributed by atoms with Crippen molar-refractivity contribution in [2.24, 2.45) is 0 Å². The SMILES string of the molecule is CN(CCC(=O)N1CCN(c2ccc3nonc3c2)CC1)CCC1c2ccccc2Oc2ccccc21. The average Bonchev–Trinajstić information content (AvgIpc) is 3.42. The zero-order valence-corrected chi connectivity index (χ0v) is 21.0. The number of hydrogen-bond acceptors (Lipinski definition) is 7. The lowest BCUT2D eigenvalue weighted by molar-refractivity contribution is -0.131. The Balaban J connectivity index is 0.997. The summed E-state index contributed by atoms with van der Waals surface area (Å²) in [4.78, 5) is 19.5. The van der Waals surface area contributed by atoms with Crippen LogP contribution in [0, 0.1) is 0 Å². The van der Waals surface area contributed by atoms with Crippen molar-refractivity contribution in [1.82, 2.24) is 20.1 Å². The number of carbonyl (C=O) groups is 1. The van der Waals surface area contributed by atoms with E-state index in [9.17, 15) is 4.79 Å². The fourth-order valence-corrected chi connectivity index (χ4v) is 5.41. The highest BCUT2D eigenvalue weighted by atomic mass is 16.6. The van der Waals surface area contributed by atoms with Crippen molar-refractivity contribution in [3.05, 3.63) is 77.9 Å². The molecule has 0 spiro atoms. The number of piperazine rings is 1. The number of carbonyl (C=O) groups excluding carboxylic acids is 1. The predicted molar refractivity (Wildman–Crippen MR) is 142 cm³/mol. The summed E-state index contributed by atoms with van der Waals surface area (Å²) in [6, 6.07) is 22.6. The van der Waals surface area contributed by atoms with Gasteiger partial charge in [-0.25, -0.2) is 4.63 Å². The van der Waals surface area contributed by atoms with Gasteiger partial charge < -0.3 is 19.4 Å². The fraction of sp³-hybridized carbons (Fsp3) is 0.345. The highest BCUT2D eigenvalue weighted by Crippen LogP contribution is 2.45. The lowest BCUT2D eigenvalue weighted by atomic mass is 9.85. The number of anilines is 1. The summed E-state index contributed by atoms with van der Waals surface area (Å²) in [6.07, 6.45) is 1.51. The van der Waals surface area contributed by atoms with Crippen LogP contribution in [0.5, 0.6) is 11.5 Å². The largest absolute Gasteiger partial charge is 0.457 e. The van der Waals surface area contributed by atoms with E-state index in [4.69, 9.17) is 9.37 Å². The summed E-state index contributed by atoms with van der Waals surface area (Å²) in [7, 11) is 2.11. The molecule has 4 aromatic rings. The molecule has 2 aliphatic heterocycles. The first-order valence-electron chi connectivity index (χ1n) is 12.9. The zero-order valence-electron chi connectivity index (χ0n) is 21.0. The van der Waals surface area contributed by atoms with Crippen molar-refractivity contribution >= 4 is 22.6 Å². The molecule has 0 N–H and O–H groups in total. The van der Waals surface area contributed by atoms with E-state index >= 15 is 0 Å². The molecular formula is C29H31N5O3. The van der Waals surface area contributed by atoms with E-state index in [1.54, 1.807) is 0 Å². The zero-order chi connectivity index (χ0) is 25.2. The van der Waals surface area contributed by atoms with Crippen LogP contribution in [0.2, 0.25) is 0 Å². The van der Waals surface area contributed by atoms with Gasteiger partial charge in [0, 0.05) is 61.9 Å². The van der Waals surface area contributed by atoms with Crippen molar-refractivity contribution in [3.63, 3.8) is 0 Å². The molecule has 1 saturated heterocycles. The Bertz CT molecular complexity index is 1350. The van der Waals surface area contributed by atoms with Gasteiger partial charge in [-0.3, -0.25) is 4.79 Å². The van der Waals surface area contributed by atoms with E-state index in [1.807, 2.05) is 47.4 Å². The maximum absolute atomic E-state index is 13.0. The van der Waals surface area contributed by atoms with Gasteiger partial charge in [0.15, 0.2) is 0 Å². The Kier molecular flexibility index (Phi) is 6.49. The Morgan fingerprint density at radius 3 is 2.30 bits per heavy atom. The molecule has 0 unspecified atom stereocenters. The molecule has 0 saturated carbocycles. The first-order valence-corrected chi connectivity index (χ1v) is 12.9. The van der Waals surface area contributed by atoms with Gasteiger partial charge >= 0.3 is 0 Å². The third kappa shape index (κ3) is 4.89. The summed E-state index contributed by atoms with van der Waals surface area (Å²) in [6.45, 7) is 4.73. The standard InChI is InChI=1S/C29H31N5O3/c1-32(14-12-22-23-6-2-4-8-27(23)36-28-9-5-3-7-24(22)28)15-13-29(35)34-18-16-33(17-19-34)21-10-11-25-26(20-21)31-37-30-25/h2-11,20,22H,12-19H2,1H3. The molecule has 1 fully saturated rings. The molecular weight excluding hydrogens is 466 g/mol. The van der Waals surface area contributed by atoms with Crippen molar-refractivity contribution in [3.8, 4) is 11.5 Å². The van der Waals surface area contributed by atoms with Crippen LogP contribution >= 0.6 is 0 Å². The molecule has 190 valence electrons. The van der Waals surface area contributed by atoms with Crippen molar-refractivity contribution in [2.75, 3.05) is 51.2 Å². The summed E-state index contributed by atoms with van der Waals surface area (Å²) in [5.74, 6) is 2.41. The van der Waals surface area contributed by atoms with Gasteiger partial charge in [-0.15, -0.1) is 0 Å². The van der Waals surface area contributed by atoms with Crippen LogP contribution in [0.1, 0.15) is 29.9 Å². The van der Waals surface area contributed by atoms with Crippen LogP contribution in [0.4, 0.5) is 5.69 Å². The highest BCUT2D eigenvalue weighted by Gasteiger charge is 2.27. The minimum absolute atomic E-state index is 0.226. The summed E-state index contributed by atoms with van der Waals surface area (Å²) in [5, 5.41) is 7.80. The topological polar surface area (TPSA) is 74.9 Å². The van der Waals surface area contributed by atoms with E-state index in [1.165, 1.54) is 11.1 Å². The molecule has 3 heterocycles. The molecule has 0 radical (unpaired) electrons. The van der Waals surface area contributed by atoms with E-state index in [0.717, 1.165) is 73.9 Å². The van der Waals surface area contributed by atoms with E-state index < -0.39 is 0 Å². The number of rotatable bonds is 7. The first kappa shape index (κ1) is 23.5. The number of nitrogens with zero attached hydrogens (tertiary/aromatic N) is 5. The normalized spacial score (nSPS) is 15.5. The molecule has 37 heavy (non-hydrogen) atoms. The molecule has 0 bridgehead atoms. The van der Waals surface area contributed by atoms with Crippen LogP contribution < -0.4 is 9.64 Å². The lowest BCUT2D eigenvalue weighted by Gasteiger charge is -2.36. The molecule has 1 aromatic heterocycles. The molecule has 0 atom stereocenters. The van der Waals surface area contributed by atoms with Gasteiger partial charge in [-0.2, -0.15) is 0 Å². The van der Waals surface area contributed by atoms with Gasteiger partial charge in [-0.1, -0.05) is 36.4 Å². The second kappa shape index (κ2) is 10.2.